The molecule has 1 heterocycles. The SMILES string of the molecule is O=C(c1cccc(B(O)O)c1)c1cc2ccccc2[nH]1. The second-order valence-electron chi connectivity index (χ2n) is 4.60. The highest BCUT2D eigenvalue weighted by atomic mass is 16.4. The number of aromatic nitrogens is 1. The van der Waals surface area contributed by atoms with Crippen LogP contribution < -0.4 is 5.46 Å². The lowest BCUT2D eigenvalue weighted by Crippen LogP contribution is -2.30. The summed E-state index contributed by atoms with van der Waals surface area (Å²) < 4.78 is 0. The Kier molecular flexibility index (Phi) is 3.14. The van der Waals surface area contributed by atoms with E-state index in [2.05, 4.69) is 4.98 Å². The van der Waals surface area contributed by atoms with E-state index < -0.39 is 7.12 Å². The lowest BCUT2D eigenvalue weighted by molar-refractivity contribution is 0.103. The Morgan fingerprint density at radius 1 is 1.00 bits per heavy atom. The summed E-state index contributed by atoms with van der Waals surface area (Å²) in [7, 11) is -1.58. The summed E-state index contributed by atoms with van der Waals surface area (Å²) in [5, 5.41) is 19.3. The monoisotopic (exact) mass is 265 g/mol. The Bertz CT molecular complexity index is 746. The van der Waals surface area contributed by atoms with Crippen molar-refractivity contribution in [1.29, 1.82) is 0 Å². The van der Waals surface area contributed by atoms with Gasteiger partial charge < -0.3 is 15.0 Å². The predicted octanol–water partition coefficient (Wildman–Crippen LogP) is 1.08. The van der Waals surface area contributed by atoms with Crippen molar-refractivity contribution in [2.24, 2.45) is 0 Å². The third-order valence-electron chi connectivity index (χ3n) is 3.22. The molecule has 0 aliphatic rings. The lowest BCUT2D eigenvalue weighted by atomic mass is 9.79. The molecule has 2 aromatic carbocycles. The van der Waals surface area contributed by atoms with Crippen molar-refractivity contribution < 1.29 is 14.8 Å². The highest BCUT2D eigenvalue weighted by Gasteiger charge is 2.16. The van der Waals surface area contributed by atoms with Crippen molar-refractivity contribution in [3.05, 3.63) is 65.9 Å². The van der Waals surface area contributed by atoms with Gasteiger partial charge >= 0.3 is 7.12 Å². The van der Waals surface area contributed by atoms with Crippen molar-refractivity contribution in [2.75, 3.05) is 0 Å². The maximum Gasteiger partial charge on any atom is 0.488 e. The zero-order chi connectivity index (χ0) is 14.1. The second-order valence-corrected chi connectivity index (χ2v) is 4.60. The standard InChI is InChI=1S/C15H12BNO3/c18-15(11-5-3-6-12(8-11)16(19)20)14-9-10-4-1-2-7-13(10)17-14/h1-9,17,19-20H. The molecule has 0 spiro atoms. The fourth-order valence-electron chi connectivity index (χ4n) is 2.19. The maximum absolute atomic E-state index is 12.4. The summed E-state index contributed by atoms with van der Waals surface area (Å²) in [4.78, 5) is 15.5. The molecule has 3 rings (SSSR count). The molecule has 0 bridgehead atoms. The maximum atomic E-state index is 12.4. The van der Waals surface area contributed by atoms with Crippen molar-refractivity contribution >= 4 is 29.3 Å². The van der Waals surface area contributed by atoms with Crippen LogP contribution in [-0.2, 0) is 0 Å². The number of H-pyrrole nitrogens is 1. The number of ketones is 1. The van der Waals surface area contributed by atoms with Crippen molar-refractivity contribution in [1.82, 2.24) is 4.98 Å². The van der Waals surface area contributed by atoms with Gasteiger partial charge in [0.05, 0.1) is 5.69 Å². The number of carbonyl (C=O) groups is 1. The zero-order valence-electron chi connectivity index (χ0n) is 10.6. The molecule has 5 heteroatoms. The van der Waals surface area contributed by atoms with E-state index in [0.29, 0.717) is 16.7 Å². The summed E-state index contributed by atoms with van der Waals surface area (Å²) in [6, 6.07) is 15.8. The molecule has 0 saturated heterocycles. The first-order valence-electron chi connectivity index (χ1n) is 6.24. The molecular formula is C15H12BNO3. The Labute approximate surface area is 115 Å². The highest BCUT2D eigenvalue weighted by Crippen LogP contribution is 2.17. The lowest BCUT2D eigenvalue weighted by Gasteiger charge is -2.02. The van der Waals surface area contributed by atoms with Gasteiger partial charge in [0.1, 0.15) is 0 Å². The van der Waals surface area contributed by atoms with E-state index in [4.69, 9.17) is 10.0 Å². The minimum Gasteiger partial charge on any atom is -0.423 e. The van der Waals surface area contributed by atoms with Gasteiger partial charge in [-0.2, -0.15) is 0 Å². The molecule has 0 saturated carbocycles. The first-order chi connectivity index (χ1) is 9.65. The molecule has 4 nitrogen and oxygen atoms in total. The Morgan fingerprint density at radius 2 is 1.80 bits per heavy atom. The minimum absolute atomic E-state index is 0.177. The number of fused-ring (bicyclic) bond motifs is 1. The van der Waals surface area contributed by atoms with Crippen LogP contribution in [0.15, 0.2) is 54.6 Å². The highest BCUT2D eigenvalue weighted by molar-refractivity contribution is 6.58. The Balaban J connectivity index is 2.01. The topological polar surface area (TPSA) is 73.3 Å². The first kappa shape index (κ1) is 12.7. The number of carbonyl (C=O) groups excluding carboxylic acids is 1. The quantitative estimate of drug-likeness (QED) is 0.490. The largest absolute Gasteiger partial charge is 0.488 e. The first-order valence-corrected chi connectivity index (χ1v) is 6.24. The summed E-state index contributed by atoms with van der Waals surface area (Å²) in [6.45, 7) is 0. The van der Waals surface area contributed by atoms with Gasteiger partial charge in [-0.05, 0) is 17.6 Å². The number of nitrogens with one attached hydrogen (secondary N) is 1. The Hall–Kier alpha value is -2.37. The number of aromatic amines is 1. The zero-order valence-corrected chi connectivity index (χ0v) is 10.6. The minimum atomic E-state index is -1.58. The number of para-hydroxylation sites is 1. The van der Waals surface area contributed by atoms with E-state index in [1.807, 2.05) is 24.3 Å². The number of benzene rings is 2. The third-order valence-corrected chi connectivity index (χ3v) is 3.22. The molecule has 20 heavy (non-hydrogen) atoms. The fraction of sp³-hybridized carbons (Fsp3) is 0. The van der Waals surface area contributed by atoms with E-state index >= 15 is 0 Å². The van der Waals surface area contributed by atoms with Gasteiger partial charge in [-0.3, -0.25) is 4.79 Å². The van der Waals surface area contributed by atoms with Crippen molar-refractivity contribution in [2.45, 2.75) is 0 Å². The van der Waals surface area contributed by atoms with Gasteiger partial charge in [0.25, 0.3) is 0 Å². The van der Waals surface area contributed by atoms with Crippen LogP contribution in [0.1, 0.15) is 16.1 Å². The van der Waals surface area contributed by atoms with E-state index in [1.54, 1.807) is 24.3 Å². The van der Waals surface area contributed by atoms with Gasteiger partial charge in [0.2, 0.25) is 5.78 Å². The van der Waals surface area contributed by atoms with E-state index in [1.165, 1.54) is 6.07 Å². The summed E-state index contributed by atoms with van der Waals surface area (Å²) in [6.07, 6.45) is 0. The van der Waals surface area contributed by atoms with Crippen LogP contribution in [0.3, 0.4) is 0 Å². The number of hydrogen-bond donors (Lipinski definition) is 3. The molecule has 0 amide bonds. The molecule has 98 valence electrons. The molecular weight excluding hydrogens is 253 g/mol. The number of rotatable bonds is 3. The van der Waals surface area contributed by atoms with E-state index in [0.717, 1.165) is 10.9 Å². The Morgan fingerprint density at radius 3 is 2.55 bits per heavy atom. The van der Waals surface area contributed by atoms with Crippen molar-refractivity contribution in [3.63, 3.8) is 0 Å². The number of hydrogen-bond acceptors (Lipinski definition) is 3. The van der Waals surface area contributed by atoms with Crippen LogP contribution in [0.4, 0.5) is 0 Å². The van der Waals surface area contributed by atoms with Crippen LogP contribution >= 0.6 is 0 Å². The van der Waals surface area contributed by atoms with Crippen molar-refractivity contribution in [3.8, 4) is 0 Å². The molecule has 1 aromatic heterocycles. The van der Waals surface area contributed by atoms with Crippen LogP contribution in [0.25, 0.3) is 10.9 Å². The second kappa shape index (κ2) is 4.96. The van der Waals surface area contributed by atoms with Crippen LogP contribution in [0, 0.1) is 0 Å². The summed E-state index contributed by atoms with van der Waals surface area (Å²) in [5.41, 5.74) is 2.10. The molecule has 3 aromatic rings. The van der Waals surface area contributed by atoms with Crippen LogP contribution in [0.5, 0.6) is 0 Å². The van der Waals surface area contributed by atoms with Crippen LogP contribution in [0.2, 0.25) is 0 Å². The summed E-state index contributed by atoms with van der Waals surface area (Å²) >= 11 is 0. The molecule has 0 radical (unpaired) electrons. The molecule has 0 unspecified atom stereocenters. The third kappa shape index (κ3) is 2.24. The fourth-order valence-corrected chi connectivity index (χ4v) is 2.19. The normalized spacial score (nSPS) is 10.7. The van der Waals surface area contributed by atoms with E-state index in [9.17, 15) is 4.79 Å². The molecule has 0 aliphatic carbocycles. The van der Waals surface area contributed by atoms with Gasteiger partial charge in [0.15, 0.2) is 0 Å². The van der Waals surface area contributed by atoms with E-state index in [-0.39, 0.29) is 5.78 Å². The van der Waals surface area contributed by atoms with Gasteiger partial charge in [-0.25, -0.2) is 0 Å². The van der Waals surface area contributed by atoms with Gasteiger partial charge in [-0.15, -0.1) is 0 Å². The predicted molar refractivity (Wildman–Crippen MR) is 78.0 cm³/mol. The average Bonchev–Trinajstić information content (AvgIpc) is 2.90. The average molecular weight is 265 g/mol. The van der Waals surface area contributed by atoms with Crippen LogP contribution in [-0.4, -0.2) is 27.9 Å². The van der Waals surface area contributed by atoms with Gasteiger partial charge in [0, 0.05) is 16.5 Å². The molecule has 0 fully saturated rings. The molecule has 0 aliphatic heterocycles. The summed E-state index contributed by atoms with van der Waals surface area (Å²) in [5.74, 6) is -0.177. The molecule has 3 N–H and O–H groups in total. The smallest absolute Gasteiger partial charge is 0.423 e. The molecule has 0 atom stereocenters. The van der Waals surface area contributed by atoms with Gasteiger partial charge in [-0.1, -0.05) is 42.5 Å².